The van der Waals surface area contributed by atoms with Crippen LogP contribution in [0.5, 0.6) is 0 Å². The second-order valence-electron chi connectivity index (χ2n) is 3.74. The van der Waals surface area contributed by atoms with E-state index in [1.54, 1.807) is 6.07 Å². The van der Waals surface area contributed by atoms with E-state index in [0.29, 0.717) is 6.54 Å². The van der Waals surface area contributed by atoms with E-state index in [-0.39, 0.29) is 5.76 Å². The molecule has 0 spiro atoms. The fraction of sp³-hybridized carbons (Fsp3) is 0.154. The van der Waals surface area contributed by atoms with Crippen LogP contribution in [0.1, 0.15) is 16.1 Å². The fourth-order valence-electron chi connectivity index (χ4n) is 1.57. The lowest BCUT2D eigenvalue weighted by Gasteiger charge is -2.08. The molecule has 100 valence electrons. The Kier molecular flexibility index (Phi) is 4.66. The third-order valence-corrected chi connectivity index (χ3v) is 3.67. The van der Waals surface area contributed by atoms with Crippen LogP contribution < -0.4 is 5.32 Å². The number of esters is 1. The van der Waals surface area contributed by atoms with E-state index in [1.807, 2.05) is 18.2 Å². The number of benzene rings is 1. The summed E-state index contributed by atoms with van der Waals surface area (Å²) in [5.41, 5.74) is 1.68. The molecule has 0 aliphatic carbocycles. The van der Waals surface area contributed by atoms with Crippen LogP contribution in [0.4, 0.5) is 5.69 Å². The molecule has 0 saturated carbocycles. The SMILES string of the molecule is COC(=O)c1occc1CNc1ccc(Br)cc1Br. The summed E-state index contributed by atoms with van der Waals surface area (Å²) in [5.74, 6) is -0.250. The molecule has 1 N–H and O–H groups in total. The molecule has 0 bridgehead atoms. The van der Waals surface area contributed by atoms with E-state index >= 15 is 0 Å². The number of ether oxygens (including phenoxy) is 1. The maximum absolute atomic E-state index is 11.5. The van der Waals surface area contributed by atoms with Gasteiger partial charge in [0, 0.05) is 26.7 Å². The first-order valence-corrected chi connectivity index (χ1v) is 7.04. The highest BCUT2D eigenvalue weighted by atomic mass is 79.9. The van der Waals surface area contributed by atoms with Crippen molar-refractivity contribution in [1.29, 1.82) is 0 Å². The zero-order chi connectivity index (χ0) is 13.8. The average Bonchev–Trinajstić information content (AvgIpc) is 2.85. The molecule has 0 saturated heterocycles. The molecule has 0 aliphatic heterocycles. The van der Waals surface area contributed by atoms with E-state index in [2.05, 4.69) is 41.9 Å². The van der Waals surface area contributed by atoms with Gasteiger partial charge in [0.15, 0.2) is 0 Å². The van der Waals surface area contributed by atoms with Gasteiger partial charge in [0.25, 0.3) is 0 Å². The van der Waals surface area contributed by atoms with Crippen molar-refractivity contribution >= 4 is 43.5 Å². The molecule has 1 aromatic heterocycles. The molecule has 4 nitrogen and oxygen atoms in total. The molecular weight excluding hydrogens is 378 g/mol. The number of rotatable bonds is 4. The number of hydrogen-bond acceptors (Lipinski definition) is 4. The fourth-order valence-corrected chi connectivity index (χ4v) is 2.76. The standard InChI is InChI=1S/C13H11Br2NO3/c1-18-13(17)12-8(4-5-19-12)7-16-11-3-2-9(14)6-10(11)15/h2-6,16H,7H2,1H3. The molecule has 0 fully saturated rings. The van der Waals surface area contributed by atoms with Crippen molar-refractivity contribution < 1.29 is 13.9 Å². The normalized spacial score (nSPS) is 10.3. The van der Waals surface area contributed by atoms with E-state index < -0.39 is 5.97 Å². The van der Waals surface area contributed by atoms with Gasteiger partial charge in [-0.2, -0.15) is 0 Å². The zero-order valence-electron chi connectivity index (χ0n) is 10.1. The lowest BCUT2D eigenvalue weighted by atomic mass is 10.2. The molecule has 2 aromatic rings. The van der Waals surface area contributed by atoms with Crippen molar-refractivity contribution in [2.75, 3.05) is 12.4 Å². The quantitative estimate of drug-likeness (QED) is 0.797. The number of hydrogen-bond donors (Lipinski definition) is 1. The van der Waals surface area contributed by atoms with Gasteiger partial charge in [-0.15, -0.1) is 0 Å². The van der Waals surface area contributed by atoms with E-state index in [9.17, 15) is 4.79 Å². The Morgan fingerprint density at radius 3 is 2.84 bits per heavy atom. The Bertz CT molecular complexity index is 595. The van der Waals surface area contributed by atoms with E-state index in [1.165, 1.54) is 13.4 Å². The summed E-state index contributed by atoms with van der Waals surface area (Å²) in [7, 11) is 1.33. The second-order valence-corrected chi connectivity index (χ2v) is 5.51. The van der Waals surface area contributed by atoms with Crippen LogP contribution in [-0.2, 0) is 11.3 Å². The van der Waals surface area contributed by atoms with Gasteiger partial charge in [0.05, 0.1) is 13.4 Å². The average molecular weight is 389 g/mol. The highest BCUT2D eigenvalue weighted by Crippen LogP contribution is 2.27. The number of carbonyl (C=O) groups is 1. The molecular formula is C13H11Br2NO3. The third kappa shape index (κ3) is 3.39. The highest BCUT2D eigenvalue weighted by Gasteiger charge is 2.15. The summed E-state index contributed by atoms with van der Waals surface area (Å²) in [4.78, 5) is 11.5. The Hall–Kier alpha value is -1.27. The number of carbonyl (C=O) groups excluding carboxylic acids is 1. The minimum Gasteiger partial charge on any atom is -0.463 e. The molecule has 1 aromatic carbocycles. The van der Waals surface area contributed by atoms with Crippen molar-refractivity contribution in [2.45, 2.75) is 6.54 Å². The topological polar surface area (TPSA) is 51.5 Å². The van der Waals surface area contributed by atoms with Gasteiger partial charge < -0.3 is 14.5 Å². The molecule has 6 heteroatoms. The monoisotopic (exact) mass is 387 g/mol. The van der Waals surface area contributed by atoms with Crippen LogP contribution >= 0.6 is 31.9 Å². The first kappa shape index (κ1) is 14.1. The van der Waals surface area contributed by atoms with Crippen LogP contribution in [0.3, 0.4) is 0 Å². The first-order chi connectivity index (χ1) is 9.11. The van der Waals surface area contributed by atoms with Gasteiger partial charge in [-0.25, -0.2) is 4.79 Å². The number of anilines is 1. The summed E-state index contributed by atoms with van der Waals surface area (Å²) in [6, 6.07) is 7.56. The Labute approximate surface area is 127 Å². The number of methoxy groups -OCH3 is 1. The lowest BCUT2D eigenvalue weighted by Crippen LogP contribution is -2.07. The molecule has 2 rings (SSSR count). The van der Waals surface area contributed by atoms with Crippen LogP contribution in [0.25, 0.3) is 0 Å². The van der Waals surface area contributed by atoms with Gasteiger partial charge in [-0.1, -0.05) is 15.9 Å². The van der Waals surface area contributed by atoms with Gasteiger partial charge in [-0.05, 0) is 40.2 Å². The van der Waals surface area contributed by atoms with Crippen LogP contribution in [0.15, 0.2) is 43.9 Å². The first-order valence-electron chi connectivity index (χ1n) is 5.45. The van der Waals surface area contributed by atoms with Crippen LogP contribution in [-0.4, -0.2) is 13.1 Å². The Morgan fingerprint density at radius 2 is 2.16 bits per heavy atom. The van der Waals surface area contributed by atoms with E-state index in [4.69, 9.17) is 4.42 Å². The summed E-state index contributed by atoms with van der Waals surface area (Å²) >= 11 is 6.86. The summed E-state index contributed by atoms with van der Waals surface area (Å²) in [5, 5.41) is 3.23. The summed E-state index contributed by atoms with van der Waals surface area (Å²) < 4.78 is 11.7. The van der Waals surface area contributed by atoms with Gasteiger partial charge >= 0.3 is 5.97 Å². The molecule has 19 heavy (non-hydrogen) atoms. The highest BCUT2D eigenvalue weighted by molar-refractivity contribution is 9.11. The largest absolute Gasteiger partial charge is 0.463 e. The molecule has 0 aliphatic rings. The maximum atomic E-state index is 11.5. The van der Waals surface area contributed by atoms with Crippen LogP contribution in [0.2, 0.25) is 0 Å². The summed E-state index contributed by atoms with van der Waals surface area (Å²) in [6.07, 6.45) is 1.47. The molecule has 0 atom stereocenters. The van der Waals surface area contributed by atoms with Crippen molar-refractivity contribution in [3.63, 3.8) is 0 Å². The molecule has 0 radical (unpaired) electrons. The number of nitrogens with one attached hydrogen (secondary N) is 1. The third-order valence-electron chi connectivity index (χ3n) is 2.52. The predicted molar refractivity (Wildman–Crippen MR) is 79.2 cm³/mol. The van der Waals surface area contributed by atoms with Gasteiger partial charge in [0.1, 0.15) is 0 Å². The summed E-state index contributed by atoms with van der Waals surface area (Å²) in [6.45, 7) is 0.473. The smallest absolute Gasteiger partial charge is 0.374 e. The van der Waals surface area contributed by atoms with E-state index in [0.717, 1.165) is 20.2 Å². The maximum Gasteiger partial charge on any atom is 0.374 e. The van der Waals surface area contributed by atoms with Crippen molar-refractivity contribution in [2.24, 2.45) is 0 Å². The number of furan rings is 1. The minimum atomic E-state index is -0.475. The van der Waals surface area contributed by atoms with Crippen molar-refractivity contribution in [1.82, 2.24) is 0 Å². The molecule has 1 heterocycles. The Morgan fingerprint density at radius 1 is 1.37 bits per heavy atom. The number of halogens is 2. The predicted octanol–water partition coefficient (Wildman–Crippen LogP) is 4.20. The molecule has 0 unspecified atom stereocenters. The van der Waals surface area contributed by atoms with Crippen molar-refractivity contribution in [3.8, 4) is 0 Å². The van der Waals surface area contributed by atoms with Gasteiger partial charge in [0.2, 0.25) is 5.76 Å². The second kappa shape index (κ2) is 6.25. The van der Waals surface area contributed by atoms with Crippen LogP contribution in [0, 0.1) is 0 Å². The molecule has 0 amide bonds. The lowest BCUT2D eigenvalue weighted by molar-refractivity contribution is 0.0563. The Balaban J connectivity index is 2.10. The van der Waals surface area contributed by atoms with Crippen molar-refractivity contribution in [3.05, 3.63) is 50.8 Å². The van der Waals surface area contributed by atoms with Gasteiger partial charge in [-0.3, -0.25) is 0 Å². The zero-order valence-corrected chi connectivity index (χ0v) is 13.2. The minimum absolute atomic E-state index is 0.225.